The predicted molar refractivity (Wildman–Crippen MR) is 76.9 cm³/mol. The molecule has 0 atom stereocenters. The Bertz CT molecular complexity index is 427. The lowest BCUT2D eigenvalue weighted by Gasteiger charge is -2.06. The van der Waals surface area contributed by atoms with E-state index in [1.165, 1.54) is 17.3 Å². The van der Waals surface area contributed by atoms with Gasteiger partial charge in [0.25, 0.3) is 0 Å². The fourth-order valence-electron chi connectivity index (χ4n) is 1.38. The fraction of sp³-hybridized carbons (Fsp3) is 0.385. The van der Waals surface area contributed by atoms with E-state index in [4.69, 9.17) is 5.11 Å². The molecule has 0 fully saturated rings. The quantitative estimate of drug-likeness (QED) is 0.646. The monoisotopic (exact) mass is 266 g/mol. The summed E-state index contributed by atoms with van der Waals surface area (Å²) in [5, 5.41) is 11.4. The summed E-state index contributed by atoms with van der Waals surface area (Å²) in [4.78, 5) is 14.9. The summed E-state index contributed by atoms with van der Waals surface area (Å²) in [6.45, 7) is 6.21. The molecular formula is C13H18N2O2S. The molecule has 0 saturated carbocycles. The number of aliphatic imine (C=N–C) groups is 1. The first-order chi connectivity index (χ1) is 8.52. The average molecular weight is 266 g/mol. The first-order valence-corrected chi connectivity index (χ1v) is 6.83. The minimum absolute atomic E-state index is 0.405. The molecule has 18 heavy (non-hydrogen) atoms. The predicted octanol–water partition coefficient (Wildman–Crippen LogP) is 3.82. The van der Waals surface area contributed by atoms with Crippen molar-refractivity contribution in [1.29, 1.82) is 0 Å². The summed E-state index contributed by atoms with van der Waals surface area (Å²) < 4.78 is 0. The summed E-state index contributed by atoms with van der Waals surface area (Å²) in [6.07, 6.45) is -1.09. The van der Waals surface area contributed by atoms with E-state index in [1.54, 1.807) is 0 Å². The lowest BCUT2D eigenvalue weighted by molar-refractivity contribution is 0.200. The molecule has 1 aromatic carbocycles. The van der Waals surface area contributed by atoms with Gasteiger partial charge in [-0.3, -0.25) is 5.32 Å². The van der Waals surface area contributed by atoms with Crippen LogP contribution in [0.25, 0.3) is 0 Å². The Kier molecular flexibility index (Phi) is 5.71. The molecule has 0 heterocycles. The van der Waals surface area contributed by atoms with Gasteiger partial charge in [0, 0.05) is 0 Å². The number of rotatable bonds is 3. The molecule has 0 bridgehead atoms. The van der Waals surface area contributed by atoms with Crippen LogP contribution in [0.5, 0.6) is 0 Å². The van der Waals surface area contributed by atoms with Crippen molar-refractivity contribution in [2.75, 3.05) is 5.75 Å². The van der Waals surface area contributed by atoms with Crippen LogP contribution in [-0.2, 0) is 0 Å². The van der Waals surface area contributed by atoms with Crippen molar-refractivity contribution in [3.8, 4) is 0 Å². The lowest BCUT2D eigenvalue weighted by Crippen LogP contribution is -2.26. The zero-order chi connectivity index (χ0) is 13.5. The highest BCUT2D eigenvalue weighted by Crippen LogP contribution is 2.20. The zero-order valence-electron chi connectivity index (χ0n) is 10.8. The maximum atomic E-state index is 10.6. The van der Waals surface area contributed by atoms with E-state index in [9.17, 15) is 4.79 Å². The highest BCUT2D eigenvalue weighted by Gasteiger charge is 2.04. The first-order valence-electron chi connectivity index (χ1n) is 5.84. The SMILES string of the molecule is CCS/C(=N/c1ccc(C(C)C)cc1)NC(=O)O. The normalized spacial score (nSPS) is 11.7. The molecule has 4 nitrogen and oxygen atoms in total. The van der Waals surface area contributed by atoms with Crippen LogP contribution in [0.15, 0.2) is 29.3 Å². The van der Waals surface area contributed by atoms with E-state index >= 15 is 0 Å². The van der Waals surface area contributed by atoms with Crippen molar-refractivity contribution >= 4 is 28.7 Å². The van der Waals surface area contributed by atoms with Crippen molar-refractivity contribution in [2.45, 2.75) is 26.7 Å². The third kappa shape index (κ3) is 4.79. The molecule has 1 amide bonds. The van der Waals surface area contributed by atoms with E-state index in [0.717, 1.165) is 11.4 Å². The van der Waals surface area contributed by atoms with Crippen molar-refractivity contribution in [3.63, 3.8) is 0 Å². The minimum atomic E-state index is -1.09. The summed E-state index contributed by atoms with van der Waals surface area (Å²) in [5.41, 5.74) is 1.99. The second-order valence-electron chi connectivity index (χ2n) is 4.03. The van der Waals surface area contributed by atoms with Crippen molar-refractivity contribution in [3.05, 3.63) is 29.8 Å². The maximum absolute atomic E-state index is 10.6. The minimum Gasteiger partial charge on any atom is -0.465 e. The molecule has 5 heteroatoms. The highest BCUT2D eigenvalue weighted by atomic mass is 32.2. The van der Waals surface area contributed by atoms with Gasteiger partial charge in [-0.1, -0.05) is 44.7 Å². The molecule has 1 rings (SSSR count). The smallest absolute Gasteiger partial charge is 0.410 e. The van der Waals surface area contributed by atoms with Gasteiger partial charge in [-0.2, -0.15) is 0 Å². The second kappa shape index (κ2) is 7.06. The molecule has 0 aliphatic heterocycles. The van der Waals surface area contributed by atoms with E-state index in [1.807, 2.05) is 31.2 Å². The molecule has 1 aromatic rings. The van der Waals surface area contributed by atoms with Gasteiger partial charge in [0.05, 0.1) is 5.69 Å². The molecule has 0 radical (unpaired) electrons. The summed E-state index contributed by atoms with van der Waals surface area (Å²) in [7, 11) is 0. The van der Waals surface area contributed by atoms with Gasteiger partial charge in [0.15, 0.2) is 5.17 Å². The van der Waals surface area contributed by atoms with Crippen LogP contribution in [-0.4, -0.2) is 22.1 Å². The summed E-state index contributed by atoms with van der Waals surface area (Å²) >= 11 is 1.37. The molecule has 0 spiro atoms. The molecule has 0 saturated heterocycles. The van der Waals surface area contributed by atoms with Gasteiger partial charge >= 0.3 is 6.09 Å². The Morgan fingerprint density at radius 1 is 1.39 bits per heavy atom. The molecule has 0 aliphatic rings. The fourth-order valence-corrected chi connectivity index (χ4v) is 1.98. The maximum Gasteiger partial charge on any atom is 0.410 e. The second-order valence-corrected chi connectivity index (χ2v) is 5.28. The van der Waals surface area contributed by atoms with E-state index in [2.05, 4.69) is 24.2 Å². The summed E-state index contributed by atoms with van der Waals surface area (Å²) in [6, 6.07) is 7.82. The number of hydrogen-bond donors (Lipinski definition) is 2. The molecule has 2 N–H and O–H groups in total. The van der Waals surface area contributed by atoms with Crippen LogP contribution in [0.4, 0.5) is 10.5 Å². The van der Waals surface area contributed by atoms with Gasteiger partial charge in [0.1, 0.15) is 0 Å². The van der Waals surface area contributed by atoms with Crippen LogP contribution < -0.4 is 5.32 Å². The third-order valence-corrected chi connectivity index (χ3v) is 3.04. The highest BCUT2D eigenvalue weighted by molar-refractivity contribution is 8.13. The molecule has 98 valence electrons. The Balaban J connectivity index is 2.86. The average Bonchev–Trinajstić information content (AvgIpc) is 2.29. The standard InChI is InChI=1S/C13H18N2O2S/c1-4-18-12(15-13(16)17)14-11-7-5-10(6-8-11)9(2)3/h5-9H,4H2,1-3H3,(H,14,15)(H,16,17). The topological polar surface area (TPSA) is 61.7 Å². The molecule has 0 unspecified atom stereocenters. The van der Waals surface area contributed by atoms with E-state index < -0.39 is 6.09 Å². The number of nitrogens with zero attached hydrogens (tertiary/aromatic N) is 1. The van der Waals surface area contributed by atoms with Crippen LogP contribution in [0, 0.1) is 0 Å². The van der Waals surface area contributed by atoms with Gasteiger partial charge < -0.3 is 5.11 Å². The number of thioether (sulfide) groups is 1. The Labute approximate surface area is 112 Å². The number of amides is 1. The van der Waals surface area contributed by atoms with Crippen molar-refractivity contribution in [2.24, 2.45) is 4.99 Å². The number of benzene rings is 1. The van der Waals surface area contributed by atoms with Crippen LogP contribution in [0.1, 0.15) is 32.3 Å². The Morgan fingerprint density at radius 3 is 2.44 bits per heavy atom. The lowest BCUT2D eigenvalue weighted by atomic mass is 10.0. The van der Waals surface area contributed by atoms with Gasteiger partial charge in [0.2, 0.25) is 0 Å². The van der Waals surface area contributed by atoms with Gasteiger partial charge in [-0.15, -0.1) is 0 Å². The van der Waals surface area contributed by atoms with Crippen molar-refractivity contribution < 1.29 is 9.90 Å². The van der Waals surface area contributed by atoms with Gasteiger partial charge in [-0.05, 0) is 29.4 Å². The first kappa shape index (κ1) is 14.6. The zero-order valence-corrected chi connectivity index (χ0v) is 11.6. The van der Waals surface area contributed by atoms with E-state index in [0.29, 0.717) is 11.1 Å². The summed E-state index contributed by atoms with van der Waals surface area (Å²) in [5.74, 6) is 1.24. The Morgan fingerprint density at radius 2 is 2.00 bits per heavy atom. The molecule has 0 aromatic heterocycles. The van der Waals surface area contributed by atoms with Crippen LogP contribution in [0.3, 0.4) is 0 Å². The van der Waals surface area contributed by atoms with E-state index in [-0.39, 0.29) is 0 Å². The molecule has 0 aliphatic carbocycles. The third-order valence-electron chi connectivity index (χ3n) is 2.29. The molecular weight excluding hydrogens is 248 g/mol. The number of hydrogen-bond acceptors (Lipinski definition) is 3. The number of amidine groups is 1. The van der Waals surface area contributed by atoms with Crippen LogP contribution in [0.2, 0.25) is 0 Å². The Hall–Kier alpha value is -1.49. The van der Waals surface area contributed by atoms with Gasteiger partial charge in [-0.25, -0.2) is 9.79 Å². The largest absolute Gasteiger partial charge is 0.465 e. The number of nitrogens with one attached hydrogen (secondary N) is 1. The van der Waals surface area contributed by atoms with Crippen LogP contribution >= 0.6 is 11.8 Å². The number of carboxylic acid groups (broad SMARTS) is 1. The number of carbonyl (C=O) groups is 1. The van der Waals surface area contributed by atoms with Crippen molar-refractivity contribution in [1.82, 2.24) is 5.32 Å².